The highest BCUT2D eigenvalue weighted by atomic mass is 32.2. The first-order chi connectivity index (χ1) is 9.29. The van der Waals surface area contributed by atoms with Crippen molar-refractivity contribution < 1.29 is 27.8 Å². The van der Waals surface area contributed by atoms with E-state index in [1.165, 1.54) is 6.92 Å². The van der Waals surface area contributed by atoms with Gasteiger partial charge >= 0.3 is 5.97 Å². The molecule has 0 heterocycles. The van der Waals surface area contributed by atoms with Crippen LogP contribution in [0.2, 0.25) is 0 Å². The zero-order chi connectivity index (χ0) is 15.3. The Bertz CT molecular complexity index is 600. The van der Waals surface area contributed by atoms with Crippen LogP contribution in [-0.4, -0.2) is 37.8 Å². The number of rotatable bonds is 7. The van der Waals surface area contributed by atoms with Crippen molar-refractivity contribution >= 4 is 16.0 Å². The minimum absolute atomic E-state index is 0.0411. The third-order valence-corrected chi connectivity index (χ3v) is 4.09. The molecule has 0 aliphatic carbocycles. The number of carboxylic acid groups (broad SMARTS) is 1. The molecule has 0 saturated carbocycles. The Morgan fingerprint density at radius 2 is 2.00 bits per heavy atom. The smallest absolute Gasteiger partial charge is 0.338 e. The van der Waals surface area contributed by atoms with Crippen molar-refractivity contribution in [2.24, 2.45) is 0 Å². The molecule has 0 atom stereocenters. The SMILES string of the molecule is Cc1cc(S(=O)(=O)NCCCCO)cc(C(=O)O)c1F. The van der Waals surface area contributed by atoms with Gasteiger partial charge in [-0.2, -0.15) is 0 Å². The van der Waals surface area contributed by atoms with Gasteiger partial charge in [0.2, 0.25) is 10.0 Å². The van der Waals surface area contributed by atoms with Crippen LogP contribution >= 0.6 is 0 Å². The number of aliphatic hydroxyl groups is 1. The molecule has 6 nitrogen and oxygen atoms in total. The van der Waals surface area contributed by atoms with Crippen LogP contribution in [0.4, 0.5) is 4.39 Å². The Morgan fingerprint density at radius 1 is 1.35 bits per heavy atom. The van der Waals surface area contributed by atoms with Crippen molar-refractivity contribution in [3.63, 3.8) is 0 Å². The summed E-state index contributed by atoms with van der Waals surface area (Å²) < 4.78 is 39.7. The molecule has 1 rings (SSSR count). The number of unbranched alkanes of at least 4 members (excludes halogenated alkanes) is 1. The maximum Gasteiger partial charge on any atom is 0.338 e. The van der Waals surface area contributed by atoms with E-state index in [2.05, 4.69) is 4.72 Å². The van der Waals surface area contributed by atoms with E-state index < -0.39 is 27.4 Å². The summed E-state index contributed by atoms with van der Waals surface area (Å²) in [4.78, 5) is 10.6. The fourth-order valence-electron chi connectivity index (χ4n) is 1.57. The van der Waals surface area contributed by atoms with Gasteiger partial charge in [0.1, 0.15) is 5.82 Å². The normalized spacial score (nSPS) is 11.6. The maximum absolute atomic E-state index is 13.5. The first-order valence-corrected chi connectivity index (χ1v) is 7.42. The molecule has 0 aliphatic heterocycles. The van der Waals surface area contributed by atoms with E-state index in [4.69, 9.17) is 10.2 Å². The number of aromatic carboxylic acids is 1. The minimum Gasteiger partial charge on any atom is -0.478 e. The fourth-order valence-corrected chi connectivity index (χ4v) is 2.76. The topological polar surface area (TPSA) is 104 Å². The molecule has 0 aliphatic rings. The summed E-state index contributed by atoms with van der Waals surface area (Å²) >= 11 is 0. The van der Waals surface area contributed by atoms with Crippen LogP contribution < -0.4 is 4.72 Å². The summed E-state index contributed by atoms with van der Waals surface area (Å²) in [5, 5.41) is 17.4. The van der Waals surface area contributed by atoms with E-state index in [9.17, 15) is 17.6 Å². The predicted octanol–water partition coefficient (Wildman–Crippen LogP) is 0.883. The van der Waals surface area contributed by atoms with Gasteiger partial charge in [-0.25, -0.2) is 22.3 Å². The Kier molecular flexibility index (Phi) is 5.61. The molecule has 0 spiro atoms. The van der Waals surface area contributed by atoms with E-state index in [1.807, 2.05) is 0 Å². The lowest BCUT2D eigenvalue weighted by atomic mass is 10.1. The Labute approximate surface area is 116 Å². The third-order valence-electron chi connectivity index (χ3n) is 2.65. The van der Waals surface area contributed by atoms with E-state index in [-0.39, 0.29) is 23.6 Å². The summed E-state index contributed by atoms with van der Waals surface area (Å²) in [6.45, 7) is 1.37. The van der Waals surface area contributed by atoms with Gasteiger partial charge in [-0.15, -0.1) is 0 Å². The fraction of sp³-hybridized carbons (Fsp3) is 0.417. The molecule has 0 bridgehead atoms. The lowest BCUT2D eigenvalue weighted by Crippen LogP contribution is -2.25. The monoisotopic (exact) mass is 305 g/mol. The second-order valence-electron chi connectivity index (χ2n) is 4.24. The summed E-state index contributed by atoms with van der Waals surface area (Å²) in [5.41, 5.74) is -0.735. The average Bonchev–Trinajstić information content (AvgIpc) is 2.37. The van der Waals surface area contributed by atoms with Crippen LogP contribution in [-0.2, 0) is 10.0 Å². The minimum atomic E-state index is -3.90. The molecule has 3 N–H and O–H groups in total. The third kappa shape index (κ3) is 3.99. The second kappa shape index (κ2) is 6.78. The lowest BCUT2D eigenvalue weighted by molar-refractivity contribution is 0.0691. The summed E-state index contributed by atoms with van der Waals surface area (Å²) in [7, 11) is -3.90. The van der Waals surface area contributed by atoms with Crippen LogP contribution in [0.3, 0.4) is 0 Å². The number of hydrogen-bond donors (Lipinski definition) is 3. The van der Waals surface area contributed by atoms with Gasteiger partial charge in [0.15, 0.2) is 0 Å². The number of nitrogens with one attached hydrogen (secondary N) is 1. The number of hydrogen-bond acceptors (Lipinski definition) is 4. The van der Waals surface area contributed by atoms with E-state index in [0.29, 0.717) is 12.8 Å². The van der Waals surface area contributed by atoms with Gasteiger partial charge < -0.3 is 10.2 Å². The van der Waals surface area contributed by atoms with Crippen LogP contribution in [0, 0.1) is 12.7 Å². The van der Waals surface area contributed by atoms with Crippen molar-refractivity contribution in [3.8, 4) is 0 Å². The van der Waals surface area contributed by atoms with Crippen LogP contribution in [0.5, 0.6) is 0 Å². The van der Waals surface area contributed by atoms with Crippen molar-refractivity contribution in [1.82, 2.24) is 4.72 Å². The van der Waals surface area contributed by atoms with Gasteiger partial charge in [0.05, 0.1) is 10.5 Å². The number of aliphatic hydroxyl groups excluding tert-OH is 1. The highest BCUT2D eigenvalue weighted by molar-refractivity contribution is 7.89. The molecule has 0 fully saturated rings. The molecular weight excluding hydrogens is 289 g/mol. The molecule has 8 heteroatoms. The maximum atomic E-state index is 13.5. The molecule has 0 unspecified atom stereocenters. The van der Waals surface area contributed by atoms with Crippen molar-refractivity contribution in [3.05, 3.63) is 29.1 Å². The summed E-state index contributed by atoms with van der Waals surface area (Å²) in [6, 6.07) is 1.87. The molecule has 0 saturated heterocycles. The number of aryl methyl sites for hydroxylation is 1. The zero-order valence-electron chi connectivity index (χ0n) is 10.9. The molecule has 0 radical (unpaired) electrons. The standard InChI is InChI=1S/C12H16FNO5S/c1-8-6-9(7-10(11(8)13)12(16)17)20(18,19)14-4-2-3-5-15/h6-7,14-15H,2-5H2,1H3,(H,16,17). The van der Waals surface area contributed by atoms with Gasteiger partial charge in [0, 0.05) is 13.2 Å². The van der Waals surface area contributed by atoms with Crippen molar-refractivity contribution in [2.45, 2.75) is 24.7 Å². The Morgan fingerprint density at radius 3 is 2.55 bits per heavy atom. The second-order valence-corrected chi connectivity index (χ2v) is 6.00. The molecule has 20 heavy (non-hydrogen) atoms. The van der Waals surface area contributed by atoms with E-state index in [0.717, 1.165) is 12.1 Å². The number of carboxylic acids is 1. The van der Waals surface area contributed by atoms with Crippen molar-refractivity contribution in [2.75, 3.05) is 13.2 Å². The predicted molar refractivity (Wildman–Crippen MR) is 69.6 cm³/mol. The van der Waals surface area contributed by atoms with Crippen LogP contribution in [0.25, 0.3) is 0 Å². The number of halogens is 1. The van der Waals surface area contributed by atoms with Gasteiger partial charge in [-0.3, -0.25) is 0 Å². The largest absolute Gasteiger partial charge is 0.478 e. The van der Waals surface area contributed by atoms with E-state index >= 15 is 0 Å². The highest BCUT2D eigenvalue weighted by Crippen LogP contribution is 2.19. The molecule has 1 aromatic rings. The molecule has 0 amide bonds. The molecular formula is C12H16FNO5S. The number of carbonyl (C=O) groups is 1. The zero-order valence-corrected chi connectivity index (χ0v) is 11.7. The first kappa shape index (κ1) is 16.5. The van der Waals surface area contributed by atoms with E-state index in [1.54, 1.807) is 0 Å². The molecule has 0 aromatic heterocycles. The Hall–Kier alpha value is -1.51. The number of benzene rings is 1. The lowest BCUT2D eigenvalue weighted by Gasteiger charge is -2.09. The first-order valence-electron chi connectivity index (χ1n) is 5.93. The van der Waals surface area contributed by atoms with Crippen LogP contribution in [0.15, 0.2) is 17.0 Å². The molecule has 1 aromatic carbocycles. The molecule has 112 valence electrons. The van der Waals surface area contributed by atoms with Gasteiger partial charge in [-0.1, -0.05) is 0 Å². The van der Waals surface area contributed by atoms with Crippen LogP contribution in [0.1, 0.15) is 28.8 Å². The highest BCUT2D eigenvalue weighted by Gasteiger charge is 2.20. The Balaban J connectivity index is 3.04. The average molecular weight is 305 g/mol. The summed E-state index contributed by atoms with van der Waals surface area (Å²) in [6.07, 6.45) is 0.896. The quantitative estimate of drug-likeness (QED) is 0.649. The summed E-state index contributed by atoms with van der Waals surface area (Å²) in [5.74, 6) is -2.47. The van der Waals surface area contributed by atoms with Crippen molar-refractivity contribution in [1.29, 1.82) is 0 Å². The number of sulfonamides is 1. The van der Waals surface area contributed by atoms with Gasteiger partial charge in [-0.05, 0) is 37.5 Å². The van der Waals surface area contributed by atoms with Gasteiger partial charge in [0.25, 0.3) is 0 Å².